The van der Waals surface area contributed by atoms with Gasteiger partial charge in [-0.1, -0.05) is 30.3 Å². The van der Waals surface area contributed by atoms with Crippen LogP contribution >= 0.6 is 0 Å². The molecule has 32 heavy (non-hydrogen) atoms. The molecule has 1 aliphatic heterocycles. The minimum atomic E-state index is -0.304. The number of anilines is 3. The van der Waals surface area contributed by atoms with Crippen LogP contribution < -0.4 is 15.5 Å². The van der Waals surface area contributed by atoms with E-state index in [-0.39, 0.29) is 11.9 Å². The van der Waals surface area contributed by atoms with Crippen molar-refractivity contribution in [3.63, 3.8) is 0 Å². The molecule has 0 aliphatic carbocycles. The zero-order valence-electron chi connectivity index (χ0n) is 18.3. The van der Waals surface area contributed by atoms with Crippen LogP contribution in [-0.4, -0.2) is 48.0 Å². The fourth-order valence-corrected chi connectivity index (χ4v) is 3.70. The Bertz CT molecular complexity index is 1090. The lowest BCUT2D eigenvalue weighted by atomic mass is 10.1. The standard InChI is InChI=1S/C25H27N5O2/c1-18-8-9-19(2)22(16-18)28-25(32)27-21-10-11-23(26-17-21)29-12-14-30(15-13-29)24(31)20-6-4-3-5-7-20/h3-11,16-17H,12-15H2,1-2H3,(H2,27,28,32). The molecular weight excluding hydrogens is 402 g/mol. The van der Waals surface area contributed by atoms with Gasteiger partial charge in [-0.05, 0) is 55.3 Å². The molecule has 7 heteroatoms. The lowest BCUT2D eigenvalue weighted by Gasteiger charge is -2.35. The Labute approximate surface area is 188 Å². The van der Waals surface area contributed by atoms with Crippen molar-refractivity contribution in [3.8, 4) is 0 Å². The number of hydrogen-bond donors (Lipinski definition) is 2. The van der Waals surface area contributed by atoms with Gasteiger partial charge < -0.3 is 20.4 Å². The number of aromatic nitrogens is 1. The van der Waals surface area contributed by atoms with Crippen molar-refractivity contribution in [2.75, 3.05) is 41.7 Å². The molecule has 3 aromatic rings. The maximum Gasteiger partial charge on any atom is 0.323 e. The van der Waals surface area contributed by atoms with Crippen molar-refractivity contribution in [2.24, 2.45) is 0 Å². The van der Waals surface area contributed by atoms with Crippen LogP contribution in [0.2, 0.25) is 0 Å². The van der Waals surface area contributed by atoms with E-state index < -0.39 is 0 Å². The number of nitrogens with one attached hydrogen (secondary N) is 2. The number of pyridine rings is 1. The monoisotopic (exact) mass is 429 g/mol. The molecule has 164 valence electrons. The third-order valence-electron chi connectivity index (χ3n) is 5.56. The van der Waals surface area contributed by atoms with Gasteiger partial charge >= 0.3 is 6.03 Å². The zero-order valence-corrected chi connectivity index (χ0v) is 18.3. The molecular formula is C25H27N5O2. The molecule has 0 radical (unpaired) electrons. The molecule has 7 nitrogen and oxygen atoms in total. The SMILES string of the molecule is Cc1ccc(C)c(NC(=O)Nc2ccc(N3CCN(C(=O)c4ccccc4)CC3)nc2)c1. The Morgan fingerprint density at radius 2 is 1.62 bits per heavy atom. The molecule has 0 atom stereocenters. The molecule has 0 bridgehead atoms. The zero-order chi connectivity index (χ0) is 22.5. The maximum absolute atomic E-state index is 12.6. The van der Waals surface area contributed by atoms with Crippen molar-refractivity contribution >= 4 is 29.1 Å². The number of amides is 3. The number of piperazine rings is 1. The summed E-state index contributed by atoms with van der Waals surface area (Å²) < 4.78 is 0. The smallest absolute Gasteiger partial charge is 0.323 e. The summed E-state index contributed by atoms with van der Waals surface area (Å²) >= 11 is 0. The fourth-order valence-electron chi connectivity index (χ4n) is 3.70. The van der Waals surface area contributed by atoms with Crippen LogP contribution in [0.4, 0.5) is 22.0 Å². The fraction of sp³-hybridized carbons (Fsp3) is 0.240. The van der Waals surface area contributed by atoms with E-state index >= 15 is 0 Å². The molecule has 4 rings (SSSR count). The topological polar surface area (TPSA) is 77.6 Å². The summed E-state index contributed by atoms with van der Waals surface area (Å²) in [6.45, 7) is 6.67. The predicted octanol–water partition coefficient (Wildman–Crippen LogP) is 4.30. The molecule has 3 amide bonds. The van der Waals surface area contributed by atoms with Gasteiger partial charge in [0.2, 0.25) is 0 Å². The molecule has 0 spiro atoms. The van der Waals surface area contributed by atoms with Crippen LogP contribution in [0, 0.1) is 13.8 Å². The largest absolute Gasteiger partial charge is 0.353 e. The number of hydrogen-bond acceptors (Lipinski definition) is 4. The van der Waals surface area contributed by atoms with Gasteiger partial charge in [-0.2, -0.15) is 0 Å². The first-order valence-corrected chi connectivity index (χ1v) is 10.7. The third kappa shape index (κ3) is 5.06. The van der Waals surface area contributed by atoms with E-state index in [9.17, 15) is 9.59 Å². The van der Waals surface area contributed by atoms with Crippen molar-refractivity contribution in [1.29, 1.82) is 0 Å². The third-order valence-corrected chi connectivity index (χ3v) is 5.56. The summed E-state index contributed by atoms with van der Waals surface area (Å²) in [5, 5.41) is 5.70. The predicted molar refractivity (Wildman–Crippen MR) is 127 cm³/mol. The second-order valence-corrected chi connectivity index (χ2v) is 7.95. The Balaban J connectivity index is 1.31. The second kappa shape index (κ2) is 9.51. The van der Waals surface area contributed by atoms with Crippen molar-refractivity contribution < 1.29 is 9.59 Å². The number of urea groups is 1. The lowest BCUT2D eigenvalue weighted by molar-refractivity contribution is 0.0746. The Hall–Kier alpha value is -3.87. The van der Waals surface area contributed by atoms with Crippen LogP contribution in [0.1, 0.15) is 21.5 Å². The van der Waals surface area contributed by atoms with E-state index in [4.69, 9.17) is 0 Å². The van der Waals surface area contributed by atoms with Gasteiger partial charge in [0, 0.05) is 37.4 Å². The Morgan fingerprint density at radius 1 is 0.875 bits per heavy atom. The Morgan fingerprint density at radius 3 is 2.31 bits per heavy atom. The summed E-state index contributed by atoms with van der Waals surface area (Å²) in [6.07, 6.45) is 1.65. The molecule has 0 unspecified atom stereocenters. The molecule has 0 saturated carbocycles. The first-order chi connectivity index (χ1) is 15.5. The molecule has 2 aromatic carbocycles. The van der Waals surface area contributed by atoms with Crippen molar-refractivity contribution in [2.45, 2.75) is 13.8 Å². The summed E-state index contributed by atoms with van der Waals surface area (Å²) in [6, 6.07) is 18.7. The lowest BCUT2D eigenvalue weighted by Crippen LogP contribution is -2.49. The van der Waals surface area contributed by atoms with E-state index in [0.717, 1.165) is 22.6 Å². The molecule has 1 aromatic heterocycles. The number of aryl methyl sites for hydroxylation is 2. The minimum absolute atomic E-state index is 0.0626. The van der Waals surface area contributed by atoms with E-state index in [1.807, 2.05) is 79.4 Å². The number of carbonyl (C=O) groups is 2. The average molecular weight is 430 g/mol. The highest BCUT2D eigenvalue weighted by molar-refractivity contribution is 6.00. The number of nitrogens with zero attached hydrogens (tertiary/aromatic N) is 3. The minimum Gasteiger partial charge on any atom is -0.353 e. The van der Waals surface area contributed by atoms with E-state index in [0.29, 0.717) is 37.4 Å². The van der Waals surface area contributed by atoms with E-state index in [2.05, 4.69) is 20.5 Å². The van der Waals surface area contributed by atoms with Gasteiger partial charge in [0.1, 0.15) is 5.82 Å². The summed E-state index contributed by atoms with van der Waals surface area (Å²) in [5.41, 5.74) is 4.21. The average Bonchev–Trinajstić information content (AvgIpc) is 2.82. The van der Waals surface area contributed by atoms with Crippen LogP contribution in [-0.2, 0) is 0 Å². The Kier molecular flexibility index (Phi) is 6.35. The van der Waals surface area contributed by atoms with Gasteiger partial charge in [-0.15, -0.1) is 0 Å². The molecule has 2 N–H and O–H groups in total. The highest BCUT2D eigenvalue weighted by atomic mass is 16.2. The van der Waals surface area contributed by atoms with Crippen molar-refractivity contribution in [3.05, 3.63) is 83.6 Å². The summed E-state index contributed by atoms with van der Waals surface area (Å²) in [5.74, 6) is 0.893. The number of carbonyl (C=O) groups excluding carboxylic acids is 2. The van der Waals surface area contributed by atoms with Gasteiger partial charge in [-0.25, -0.2) is 9.78 Å². The van der Waals surface area contributed by atoms with Crippen LogP contribution in [0.25, 0.3) is 0 Å². The summed E-state index contributed by atoms with van der Waals surface area (Å²) in [4.78, 5) is 33.5. The van der Waals surface area contributed by atoms with Crippen molar-refractivity contribution in [1.82, 2.24) is 9.88 Å². The number of benzene rings is 2. The molecule has 1 fully saturated rings. The molecule has 2 heterocycles. The maximum atomic E-state index is 12.6. The van der Waals surface area contributed by atoms with Crippen LogP contribution in [0.5, 0.6) is 0 Å². The molecule has 1 saturated heterocycles. The first kappa shape index (κ1) is 21.4. The first-order valence-electron chi connectivity index (χ1n) is 10.7. The van der Waals surface area contributed by atoms with Gasteiger partial charge in [0.25, 0.3) is 5.91 Å². The van der Waals surface area contributed by atoms with Crippen LogP contribution in [0.15, 0.2) is 66.9 Å². The van der Waals surface area contributed by atoms with Crippen LogP contribution in [0.3, 0.4) is 0 Å². The highest BCUT2D eigenvalue weighted by Gasteiger charge is 2.22. The number of rotatable bonds is 4. The highest BCUT2D eigenvalue weighted by Crippen LogP contribution is 2.19. The summed E-state index contributed by atoms with van der Waals surface area (Å²) in [7, 11) is 0. The van der Waals surface area contributed by atoms with Gasteiger partial charge in [0.05, 0.1) is 11.9 Å². The van der Waals surface area contributed by atoms with Gasteiger partial charge in [-0.3, -0.25) is 4.79 Å². The van der Waals surface area contributed by atoms with E-state index in [1.165, 1.54) is 0 Å². The molecule has 1 aliphatic rings. The van der Waals surface area contributed by atoms with E-state index in [1.54, 1.807) is 6.20 Å². The van der Waals surface area contributed by atoms with Gasteiger partial charge in [0.15, 0.2) is 0 Å². The second-order valence-electron chi connectivity index (χ2n) is 7.95. The quantitative estimate of drug-likeness (QED) is 0.648. The normalized spacial score (nSPS) is 13.6.